The van der Waals surface area contributed by atoms with Crippen LogP contribution >= 0.6 is 0 Å². The lowest BCUT2D eigenvalue weighted by Crippen LogP contribution is -2.22. The molecular formula is C8H14O4. The molecule has 0 fully saturated rings. The molecule has 0 amide bonds. The van der Waals surface area contributed by atoms with Crippen molar-refractivity contribution in [2.75, 3.05) is 19.8 Å². The SMILES string of the molecule is C=CCOCC(O)COC(C)=O. The molecule has 1 unspecified atom stereocenters. The van der Waals surface area contributed by atoms with Crippen LogP contribution < -0.4 is 0 Å². The summed E-state index contributed by atoms with van der Waals surface area (Å²) in [5, 5.41) is 9.09. The van der Waals surface area contributed by atoms with Gasteiger partial charge in [0, 0.05) is 6.92 Å². The molecule has 0 saturated carbocycles. The maximum Gasteiger partial charge on any atom is 0.302 e. The first-order valence-electron chi connectivity index (χ1n) is 3.67. The fourth-order valence-electron chi connectivity index (χ4n) is 0.549. The number of carbonyl (C=O) groups is 1. The quantitative estimate of drug-likeness (QED) is 0.353. The molecule has 12 heavy (non-hydrogen) atoms. The molecule has 0 aromatic carbocycles. The predicted octanol–water partition coefficient (Wildman–Crippen LogP) is 0.113. The van der Waals surface area contributed by atoms with Crippen molar-refractivity contribution in [2.45, 2.75) is 13.0 Å². The predicted molar refractivity (Wildman–Crippen MR) is 43.7 cm³/mol. The summed E-state index contributed by atoms with van der Waals surface area (Å²) in [4.78, 5) is 10.3. The van der Waals surface area contributed by atoms with Gasteiger partial charge in [0.15, 0.2) is 0 Å². The third-order valence-corrected chi connectivity index (χ3v) is 1.02. The molecule has 0 saturated heterocycles. The Balaban J connectivity index is 3.26. The standard InChI is InChI=1S/C8H14O4/c1-3-4-11-5-8(10)6-12-7(2)9/h3,8,10H,1,4-6H2,2H3. The minimum absolute atomic E-state index is 0.0214. The zero-order valence-corrected chi connectivity index (χ0v) is 7.16. The van der Waals surface area contributed by atoms with Crippen molar-refractivity contribution in [3.63, 3.8) is 0 Å². The number of aliphatic hydroxyl groups is 1. The smallest absolute Gasteiger partial charge is 0.302 e. The van der Waals surface area contributed by atoms with Crippen LogP contribution in [-0.4, -0.2) is 37.0 Å². The van der Waals surface area contributed by atoms with E-state index >= 15 is 0 Å². The summed E-state index contributed by atoms with van der Waals surface area (Å²) in [6.07, 6.45) is 0.826. The second kappa shape index (κ2) is 6.82. The highest BCUT2D eigenvalue weighted by Gasteiger charge is 2.04. The summed E-state index contributed by atoms with van der Waals surface area (Å²) < 4.78 is 9.46. The zero-order valence-electron chi connectivity index (χ0n) is 7.16. The van der Waals surface area contributed by atoms with Gasteiger partial charge >= 0.3 is 5.97 Å². The highest BCUT2D eigenvalue weighted by atomic mass is 16.5. The fraction of sp³-hybridized carbons (Fsp3) is 0.625. The van der Waals surface area contributed by atoms with Gasteiger partial charge in [-0.15, -0.1) is 6.58 Å². The molecule has 0 rings (SSSR count). The maximum absolute atomic E-state index is 10.3. The Morgan fingerprint density at radius 2 is 2.33 bits per heavy atom. The van der Waals surface area contributed by atoms with Crippen LogP contribution in [0.1, 0.15) is 6.92 Å². The van der Waals surface area contributed by atoms with E-state index in [2.05, 4.69) is 11.3 Å². The van der Waals surface area contributed by atoms with Crippen LogP contribution in [0.4, 0.5) is 0 Å². The number of hydrogen-bond donors (Lipinski definition) is 1. The molecule has 1 N–H and O–H groups in total. The molecule has 0 spiro atoms. The van der Waals surface area contributed by atoms with Crippen LogP contribution in [-0.2, 0) is 14.3 Å². The van der Waals surface area contributed by atoms with E-state index in [0.717, 1.165) is 0 Å². The van der Waals surface area contributed by atoms with Crippen molar-refractivity contribution in [3.8, 4) is 0 Å². The van der Waals surface area contributed by atoms with Crippen LogP contribution in [0.2, 0.25) is 0 Å². The van der Waals surface area contributed by atoms with Crippen molar-refractivity contribution in [1.29, 1.82) is 0 Å². The summed E-state index contributed by atoms with van der Waals surface area (Å²) in [6.45, 7) is 5.25. The van der Waals surface area contributed by atoms with E-state index in [4.69, 9.17) is 9.84 Å². The summed E-state index contributed by atoms with van der Waals surface area (Å²) in [6, 6.07) is 0. The number of ether oxygens (including phenoxy) is 2. The van der Waals surface area contributed by atoms with E-state index < -0.39 is 12.1 Å². The van der Waals surface area contributed by atoms with Crippen LogP contribution in [0.25, 0.3) is 0 Å². The zero-order chi connectivity index (χ0) is 9.40. The molecule has 0 aliphatic carbocycles. The van der Waals surface area contributed by atoms with Gasteiger partial charge in [-0.2, -0.15) is 0 Å². The first kappa shape index (κ1) is 11.1. The molecular weight excluding hydrogens is 160 g/mol. The number of hydrogen-bond acceptors (Lipinski definition) is 4. The Bertz CT molecular complexity index is 144. The summed E-state index contributed by atoms with van der Waals surface area (Å²) in [5.74, 6) is -0.405. The number of esters is 1. The summed E-state index contributed by atoms with van der Waals surface area (Å²) in [7, 11) is 0. The van der Waals surface area contributed by atoms with Crippen molar-refractivity contribution >= 4 is 5.97 Å². The molecule has 1 atom stereocenters. The molecule has 4 nitrogen and oxygen atoms in total. The van der Waals surface area contributed by atoms with Gasteiger partial charge < -0.3 is 14.6 Å². The Morgan fingerprint density at radius 3 is 2.83 bits per heavy atom. The largest absolute Gasteiger partial charge is 0.463 e. The van der Waals surface area contributed by atoms with Crippen molar-refractivity contribution in [3.05, 3.63) is 12.7 Å². The van der Waals surface area contributed by atoms with Crippen LogP contribution in [0, 0.1) is 0 Å². The summed E-state index contributed by atoms with van der Waals surface area (Å²) >= 11 is 0. The van der Waals surface area contributed by atoms with Gasteiger partial charge in [-0.25, -0.2) is 0 Å². The van der Waals surface area contributed by atoms with Gasteiger partial charge in [0.25, 0.3) is 0 Å². The lowest BCUT2D eigenvalue weighted by molar-refractivity contribution is -0.144. The average Bonchev–Trinajstić information content (AvgIpc) is 2.01. The van der Waals surface area contributed by atoms with Gasteiger partial charge in [-0.1, -0.05) is 6.08 Å². The van der Waals surface area contributed by atoms with Crippen LogP contribution in [0.5, 0.6) is 0 Å². The van der Waals surface area contributed by atoms with Crippen molar-refractivity contribution < 1.29 is 19.4 Å². The number of aliphatic hydroxyl groups excluding tert-OH is 1. The van der Waals surface area contributed by atoms with E-state index in [9.17, 15) is 4.79 Å². The van der Waals surface area contributed by atoms with Gasteiger partial charge in [0.1, 0.15) is 12.7 Å². The molecule has 0 radical (unpaired) electrons. The molecule has 0 aliphatic heterocycles. The molecule has 0 aromatic heterocycles. The van der Waals surface area contributed by atoms with E-state index in [0.29, 0.717) is 6.61 Å². The Labute approximate surface area is 71.8 Å². The van der Waals surface area contributed by atoms with E-state index in [1.807, 2.05) is 0 Å². The molecule has 70 valence electrons. The Hall–Kier alpha value is -0.870. The highest BCUT2D eigenvalue weighted by molar-refractivity contribution is 5.65. The second-order valence-corrected chi connectivity index (χ2v) is 2.28. The molecule has 0 aromatic rings. The second-order valence-electron chi connectivity index (χ2n) is 2.28. The fourth-order valence-corrected chi connectivity index (χ4v) is 0.549. The first-order chi connectivity index (χ1) is 5.66. The van der Waals surface area contributed by atoms with E-state index in [1.165, 1.54) is 6.92 Å². The highest BCUT2D eigenvalue weighted by Crippen LogP contribution is 1.88. The summed E-state index contributed by atoms with van der Waals surface area (Å²) in [5.41, 5.74) is 0. The van der Waals surface area contributed by atoms with Gasteiger partial charge in [-0.3, -0.25) is 4.79 Å². The van der Waals surface area contributed by atoms with Crippen LogP contribution in [0.3, 0.4) is 0 Å². The minimum atomic E-state index is -0.756. The third-order valence-electron chi connectivity index (χ3n) is 1.02. The lowest BCUT2D eigenvalue weighted by Gasteiger charge is -2.09. The Morgan fingerprint density at radius 1 is 1.67 bits per heavy atom. The van der Waals surface area contributed by atoms with Gasteiger partial charge in [0.2, 0.25) is 0 Å². The minimum Gasteiger partial charge on any atom is -0.463 e. The number of rotatable bonds is 6. The maximum atomic E-state index is 10.3. The average molecular weight is 174 g/mol. The first-order valence-corrected chi connectivity index (χ1v) is 3.67. The van der Waals surface area contributed by atoms with E-state index in [-0.39, 0.29) is 13.2 Å². The molecule has 0 heterocycles. The van der Waals surface area contributed by atoms with Gasteiger partial charge in [-0.05, 0) is 0 Å². The van der Waals surface area contributed by atoms with E-state index in [1.54, 1.807) is 6.08 Å². The van der Waals surface area contributed by atoms with Crippen LogP contribution in [0.15, 0.2) is 12.7 Å². The normalized spacial score (nSPS) is 12.2. The molecule has 0 aliphatic rings. The van der Waals surface area contributed by atoms with Crippen molar-refractivity contribution in [2.24, 2.45) is 0 Å². The third kappa shape index (κ3) is 7.24. The molecule has 0 bridgehead atoms. The molecule has 4 heteroatoms. The topological polar surface area (TPSA) is 55.8 Å². The number of carbonyl (C=O) groups excluding carboxylic acids is 1. The Kier molecular flexibility index (Phi) is 6.32. The van der Waals surface area contributed by atoms with Crippen molar-refractivity contribution in [1.82, 2.24) is 0 Å². The van der Waals surface area contributed by atoms with Gasteiger partial charge in [0.05, 0.1) is 13.2 Å². The lowest BCUT2D eigenvalue weighted by atomic mass is 10.4. The monoisotopic (exact) mass is 174 g/mol.